The van der Waals surface area contributed by atoms with Crippen LogP contribution < -0.4 is 9.47 Å². The Balaban J connectivity index is 3.09. The predicted molar refractivity (Wildman–Crippen MR) is 71.3 cm³/mol. The first kappa shape index (κ1) is 15.3. The monoisotopic (exact) mass is 268 g/mol. The lowest BCUT2D eigenvalue weighted by Gasteiger charge is -2.13. The van der Waals surface area contributed by atoms with E-state index in [2.05, 4.69) is 0 Å². The molecular formula is C14H20O5. The summed E-state index contributed by atoms with van der Waals surface area (Å²) in [5.41, 5.74) is 0.138. The van der Waals surface area contributed by atoms with E-state index < -0.39 is 0 Å². The Kier molecular flexibility index (Phi) is 6.15. The second-order valence-electron chi connectivity index (χ2n) is 3.74. The maximum atomic E-state index is 12.0. The summed E-state index contributed by atoms with van der Waals surface area (Å²) in [5.74, 6) is 0.317. The van der Waals surface area contributed by atoms with Crippen molar-refractivity contribution in [1.82, 2.24) is 0 Å². The minimum atomic E-state index is -0.314. The van der Waals surface area contributed by atoms with E-state index in [1.807, 2.05) is 6.92 Å². The first-order valence-electron chi connectivity index (χ1n) is 6.37. The van der Waals surface area contributed by atoms with Crippen LogP contribution in [0.4, 0.5) is 0 Å². The summed E-state index contributed by atoms with van der Waals surface area (Å²) in [7, 11) is 0. The molecule has 0 bridgehead atoms. The molecule has 0 spiro atoms. The van der Waals surface area contributed by atoms with Gasteiger partial charge in [-0.25, -0.2) is 0 Å². The van der Waals surface area contributed by atoms with Crippen molar-refractivity contribution in [1.29, 1.82) is 0 Å². The molecule has 0 fully saturated rings. The number of phenols is 1. The molecule has 106 valence electrons. The Morgan fingerprint density at radius 1 is 1.11 bits per heavy atom. The van der Waals surface area contributed by atoms with Crippen molar-refractivity contribution in [3.63, 3.8) is 0 Å². The van der Waals surface area contributed by atoms with Gasteiger partial charge in [0.25, 0.3) is 0 Å². The molecule has 1 aromatic rings. The van der Waals surface area contributed by atoms with Crippen LogP contribution >= 0.6 is 0 Å². The molecule has 0 unspecified atom stereocenters. The molecule has 0 atom stereocenters. The van der Waals surface area contributed by atoms with E-state index in [9.17, 15) is 9.90 Å². The number of benzene rings is 1. The average molecular weight is 268 g/mol. The van der Waals surface area contributed by atoms with Crippen LogP contribution in [0.25, 0.3) is 0 Å². The van der Waals surface area contributed by atoms with Crippen LogP contribution in [0.15, 0.2) is 12.1 Å². The van der Waals surface area contributed by atoms with Gasteiger partial charge in [-0.15, -0.1) is 0 Å². The zero-order valence-corrected chi connectivity index (χ0v) is 11.6. The molecule has 1 aromatic carbocycles. The van der Waals surface area contributed by atoms with Crippen molar-refractivity contribution in [3.05, 3.63) is 17.7 Å². The summed E-state index contributed by atoms with van der Waals surface area (Å²) in [4.78, 5) is 12.0. The number of aromatic hydroxyl groups is 1. The summed E-state index contributed by atoms with van der Waals surface area (Å²) < 4.78 is 15.8. The highest BCUT2D eigenvalue weighted by Gasteiger charge is 2.19. The molecule has 5 heteroatoms. The number of Topliss-reactive ketones (excluding diaryl/α,β-unsaturated/α-hetero) is 1. The highest BCUT2D eigenvalue weighted by atomic mass is 16.5. The lowest BCUT2D eigenvalue weighted by atomic mass is 10.1. The quantitative estimate of drug-likeness (QED) is 0.733. The fourth-order valence-corrected chi connectivity index (χ4v) is 1.64. The molecule has 0 radical (unpaired) electrons. The van der Waals surface area contributed by atoms with Crippen LogP contribution in [0.1, 0.15) is 31.1 Å². The number of ketones is 1. The summed E-state index contributed by atoms with van der Waals surface area (Å²) >= 11 is 0. The van der Waals surface area contributed by atoms with Gasteiger partial charge in [-0.05, 0) is 20.8 Å². The molecule has 0 aliphatic carbocycles. The van der Waals surface area contributed by atoms with Gasteiger partial charge in [-0.2, -0.15) is 0 Å². The molecule has 0 aromatic heterocycles. The molecule has 0 aliphatic rings. The van der Waals surface area contributed by atoms with E-state index in [-0.39, 0.29) is 23.7 Å². The molecule has 1 rings (SSSR count). The first-order chi connectivity index (χ1) is 9.13. The zero-order valence-electron chi connectivity index (χ0n) is 11.6. The second kappa shape index (κ2) is 7.63. The Morgan fingerprint density at radius 2 is 1.79 bits per heavy atom. The Morgan fingerprint density at radius 3 is 2.37 bits per heavy atom. The maximum absolute atomic E-state index is 12.0. The van der Waals surface area contributed by atoms with Gasteiger partial charge in [0.05, 0.1) is 13.2 Å². The average Bonchev–Trinajstić information content (AvgIpc) is 2.36. The van der Waals surface area contributed by atoms with E-state index in [4.69, 9.17) is 14.2 Å². The Hall–Kier alpha value is -1.75. The molecule has 0 heterocycles. The van der Waals surface area contributed by atoms with Crippen molar-refractivity contribution >= 4 is 5.78 Å². The molecule has 1 N–H and O–H groups in total. The number of carbonyl (C=O) groups excluding carboxylic acids is 1. The van der Waals surface area contributed by atoms with Crippen LogP contribution in [-0.2, 0) is 4.74 Å². The number of rotatable bonds is 8. The van der Waals surface area contributed by atoms with Gasteiger partial charge in [0.2, 0.25) is 0 Å². The molecule has 0 saturated heterocycles. The molecule has 0 amide bonds. The van der Waals surface area contributed by atoms with Crippen molar-refractivity contribution in [2.45, 2.75) is 20.8 Å². The van der Waals surface area contributed by atoms with E-state index in [1.54, 1.807) is 19.9 Å². The fraction of sp³-hybridized carbons (Fsp3) is 0.500. The maximum Gasteiger partial charge on any atom is 0.195 e. The third-order valence-electron chi connectivity index (χ3n) is 2.38. The smallest absolute Gasteiger partial charge is 0.195 e. The predicted octanol–water partition coefficient (Wildman–Crippen LogP) is 2.41. The summed E-state index contributed by atoms with van der Waals surface area (Å²) in [5, 5.41) is 9.96. The van der Waals surface area contributed by atoms with Gasteiger partial charge in [-0.1, -0.05) is 0 Å². The lowest BCUT2D eigenvalue weighted by molar-refractivity contribution is 0.0776. The number of ether oxygens (including phenoxy) is 3. The number of phenolic OH excluding ortho intramolecular Hbond substituents is 1. The van der Waals surface area contributed by atoms with Crippen LogP contribution in [0, 0.1) is 0 Å². The number of hydrogen-bond acceptors (Lipinski definition) is 5. The fourth-order valence-electron chi connectivity index (χ4n) is 1.64. The lowest BCUT2D eigenvalue weighted by Crippen LogP contribution is -2.11. The van der Waals surface area contributed by atoms with Gasteiger partial charge < -0.3 is 19.3 Å². The SMILES string of the molecule is CCOCC(=O)c1c(O)cc(OCC)cc1OCC. The van der Waals surface area contributed by atoms with Gasteiger partial charge in [0, 0.05) is 18.7 Å². The Labute approximate surface area is 113 Å². The standard InChI is InChI=1S/C14H20O5/c1-4-17-9-12(16)14-11(15)7-10(18-5-2)8-13(14)19-6-3/h7-8,15H,4-6,9H2,1-3H3. The number of carbonyl (C=O) groups is 1. The van der Waals surface area contributed by atoms with E-state index in [0.29, 0.717) is 31.3 Å². The second-order valence-corrected chi connectivity index (χ2v) is 3.74. The van der Waals surface area contributed by atoms with Crippen LogP contribution in [0.3, 0.4) is 0 Å². The summed E-state index contributed by atoms with van der Waals surface area (Å²) in [6, 6.07) is 3.01. The molecular weight excluding hydrogens is 248 g/mol. The highest BCUT2D eigenvalue weighted by molar-refractivity contribution is 6.02. The van der Waals surface area contributed by atoms with Crippen LogP contribution in [-0.4, -0.2) is 37.3 Å². The highest BCUT2D eigenvalue weighted by Crippen LogP contribution is 2.34. The van der Waals surface area contributed by atoms with Crippen LogP contribution in [0.5, 0.6) is 17.2 Å². The topological polar surface area (TPSA) is 65.0 Å². The van der Waals surface area contributed by atoms with Gasteiger partial charge in [-0.3, -0.25) is 4.79 Å². The van der Waals surface area contributed by atoms with Gasteiger partial charge in [0.1, 0.15) is 29.4 Å². The van der Waals surface area contributed by atoms with Gasteiger partial charge >= 0.3 is 0 Å². The summed E-state index contributed by atoms with van der Waals surface area (Å²) in [6.45, 7) is 6.66. The normalized spacial score (nSPS) is 10.3. The van der Waals surface area contributed by atoms with Crippen molar-refractivity contribution < 1.29 is 24.1 Å². The van der Waals surface area contributed by atoms with Crippen molar-refractivity contribution in [2.24, 2.45) is 0 Å². The van der Waals surface area contributed by atoms with Crippen molar-refractivity contribution in [3.8, 4) is 17.2 Å². The Bertz CT molecular complexity index is 428. The van der Waals surface area contributed by atoms with E-state index >= 15 is 0 Å². The molecule has 0 aliphatic heterocycles. The van der Waals surface area contributed by atoms with Crippen molar-refractivity contribution in [2.75, 3.05) is 26.4 Å². The van der Waals surface area contributed by atoms with Crippen LogP contribution in [0.2, 0.25) is 0 Å². The van der Waals surface area contributed by atoms with E-state index in [1.165, 1.54) is 6.07 Å². The summed E-state index contributed by atoms with van der Waals surface area (Å²) in [6.07, 6.45) is 0. The third kappa shape index (κ3) is 4.13. The first-order valence-corrected chi connectivity index (χ1v) is 6.37. The molecule has 19 heavy (non-hydrogen) atoms. The third-order valence-corrected chi connectivity index (χ3v) is 2.38. The largest absolute Gasteiger partial charge is 0.507 e. The number of hydrogen-bond donors (Lipinski definition) is 1. The zero-order chi connectivity index (χ0) is 14.3. The van der Waals surface area contributed by atoms with Gasteiger partial charge in [0.15, 0.2) is 5.78 Å². The molecule has 0 saturated carbocycles. The minimum Gasteiger partial charge on any atom is -0.507 e. The minimum absolute atomic E-state index is 0.0852. The molecule has 5 nitrogen and oxygen atoms in total. The van der Waals surface area contributed by atoms with E-state index in [0.717, 1.165) is 0 Å².